The van der Waals surface area contributed by atoms with Crippen LogP contribution in [-0.4, -0.2) is 11.0 Å². The fourth-order valence-electron chi connectivity index (χ4n) is 1.11. The Morgan fingerprint density at radius 2 is 2.18 bits per heavy atom. The summed E-state index contributed by atoms with van der Waals surface area (Å²) in [5.41, 5.74) is 1.39. The smallest absolute Gasteiger partial charge is 0.0179 e. The molecule has 0 nitrogen and oxygen atoms in total. The average Bonchev–Trinajstić information content (AvgIpc) is 2.78. The zero-order chi connectivity index (χ0) is 7.68. The van der Waals surface area contributed by atoms with Gasteiger partial charge in [-0.05, 0) is 18.1 Å². The van der Waals surface area contributed by atoms with E-state index in [9.17, 15) is 0 Å². The van der Waals surface area contributed by atoms with Gasteiger partial charge in [-0.15, -0.1) is 12.6 Å². The molecule has 0 aliphatic carbocycles. The van der Waals surface area contributed by atoms with Gasteiger partial charge in [0.25, 0.3) is 0 Å². The molecule has 1 unspecified atom stereocenters. The van der Waals surface area contributed by atoms with Crippen molar-refractivity contribution < 1.29 is 0 Å². The van der Waals surface area contributed by atoms with Gasteiger partial charge < -0.3 is 0 Å². The molecule has 2 heteroatoms. The first-order chi connectivity index (χ1) is 5.36. The van der Waals surface area contributed by atoms with Crippen LogP contribution in [0.1, 0.15) is 5.56 Å². The van der Waals surface area contributed by atoms with E-state index in [1.165, 1.54) is 17.7 Å². The van der Waals surface area contributed by atoms with Gasteiger partial charge in [-0.25, -0.2) is 0 Å². The van der Waals surface area contributed by atoms with Crippen LogP contribution in [-0.2, 0) is 6.42 Å². The van der Waals surface area contributed by atoms with Gasteiger partial charge in [0.1, 0.15) is 0 Å². The van der Waals surface area contributed by atoms with Gasteiger partial charge in [0.2, 0.25) is 0 Å². The fourth-order valence-corrected chi connectivity index (χ4v) is 1.92. The molecule has 1 heterocycles. The molecule has 0 aromatic heterocycles. The first kappa shape index (κ1) is 7.56. The van der Waals surface area contributed by atoms with E-state index >= 15 is 0 Å². The molecule has 1 aliphatic rings. The van der Waals surface area contributed by atoms with E-state index in [-0.39, 0.29) is 0 Å². The lowest BCUT2D eigenvalue weighted by molar-refractivity contribution is 0.992. The van der Waals surface area contributed by atoms with Gasteiger partial charge in [-0.2, -0.15) is 11.8 Å². The zero-order valence-corrected chi connectivity index (χ0v) is 7.87. The van der Waals surface area contributed by atoms with Gasteiger partial charge in [-0.1, -0.05) is 18.2 Å². The topological polar surface area (TPSA) is 0 Å². The van der Waals surface area contributed by atoms with Gasteiger partial charge in [-0.3, -0.25) is 0 Å². The van der Waals surface area contributed by atoms with Crippen LogP contribution >= 0.6 is 24.4 Å². The number of rotatable bonds is 2. The lowest BCUT2D eigenvalue weighted by atomic mass is 10.1. The maximum atomic E-state index is 4.39. The van der Waals surface area contributed by atoms with Crippen molar-refractivity contribution in [3.8, 4) is 0 Å². The lowest BCUT2D eigenvalue weighted by Gasteiger charge is -2.00. The molecule has 0 spiro atoms. The van der Waals surface area contributed by atoms with Gasteiger partial charge >= 0.3 is 0 Å². The second-order valence-corrected chi connectivity index (χ2v) is 4.60. The van der Waals surface area contributed by atoms with E-state index < -0.39 is 0 Å². The number of thioether (sulfide) groups is 1. The molecule has 2 rings (SSSR count). The predicted molar refractivity (Wildman–Crippen MR) is 53.6 cm³/mol. The van der Waals surface area contributed by atoms with E-state index in [2.05, 4.69) is 30.8 Å². The standard InChI is InChI=1S/C9H10S2/c10-9-4-2-1-3-7(9)5-8-6-11-8/h1-4,8,10H,5-6H2. The number of hydrogen-bond acceptors (Lipinski definition) is 2. The highest BCUT2D eigenvalue weighted by Gasteiger charge is 2.22. The van der Waals surface area contributed by atoms with E-state index in [0.29, 0.717) is 0 Å². The Labute approximate surface area is 76.8 Å². The third kappa shape index (κ3) is 1.94. The molecule has 0 saturated carbocycles. The maximum absolute atomic E-state index is 4.39. The van der Waals surface area contributed by atoms with Crippen LogP contribution in [0.15, 0.2) is 29.2 Å². The van der Waals surface area contributed by atoms with E-state index in [1.807, 2.05) is 17.8 Å². The molecule has 0 amide bonds. The normalized spacial score (nSPS) is 21.7. The summed E-state index contributed by atoms with van der Waals surface area (Å²) in [7, 11) is 0. The summed E-state index contributed by atoms with van der Waals surface area (Å²) in [6, 6.07) is 8.35. The van der Waals surface area contributed by atoms with Crippen LogP contribution in [0.4, 0.5) is 0 Å². The second kappa shape index (κ2) is 3.11. The first-order valence-electron chi connectivity index (χ1n) is 3.75. The minimum Gasteiger partial charge on any atom is -0.156 e. The Morgan fingerprint density at radius 1 is 1.45 bits per heavy atom. The summed E-state index contributed by atoms with van der Waals surface area (Å²) in [5, 5.41) is 0.878. The molecule has 1 aromatic rings. The van der Waals surface area contributed by atoms with Gasteiger partial charge in [0.05, 0.1) is 0 Å². The molecule has 1 atom stereocenters. The van der Waals surface area contributed by atoms with Crippen molar-refractivity contribution >= 4 is 24.4 Å². The zero-order valence-electron chi connectivity index (χ0n) is 6.16. The number of thiol groups is 1. The monoisotopic (exact) mass is 182 g/mol. The molecular formula is C9H10S2. The summed E-state index contributed by atoms with van der Waals surface area (Å²) in [4.78, 5) is 1.14. The maximum Gasteiger partial charge on any atom is 0.0179 e. The van der Waals surface area contributed by atoms with Crippen molar-refractivity contribution in [3.63, 3.8) is 0 Å². The van der Waals surface area contributed by atoms with Crippen molar-refractivity contribution in [1.82, 2.24) is 0 Å². The molecule has 1 aromatic carbocycles. The minimum absolute atomic E-state index is 0.878. The van der Waals surface area contributed by atoms with Crippen LogP contribution in [0.3, 0.4) is 0 Å². The van der Waals surface area contributed by atoms with Crippen molar-refractivity contribution in [2.75, 3.05) is 5.75 Å². The van der Waals surface area contributed by atoms with Crippen LogP contribution in [0, 0.1) is 0 Å². The largest absolute Gasteiger partial charge is 0.156 e. The van der Waals surface area contributed by atoms with E-state index in [4.69, 9.17) is 0 Å². The highest BCUT2D eigenvalue weighted by atomic mass is 32.2. The first-order valence-corrected chi connectivity index (χ1v) is 5.24. The Hall–Kier alpha value is -0.0800. The van der Waals surface area contributed by atoms with Crippen LogP contribution < -0.4 is 0 Å². The highest BCUT2D eigenvalue weighted by molar-refractivity contribution is 8.06. The Bertz CT molecular complexity index is 253. The Morgan fingerprint density at radius 3 is 2.82 bits per heavy atom. The molecule has 1 aliphatic heterocycles. The van der Waals surface area contributed by atoms with E-state index in [0.717, 1.165) is 10.1 Å². The molecule has 11 heavy (non-hydrogen) atoms. The Kier molecular flexibility index (Phi) is 2.14. The third-order valence-electron chi connectivity index (χ3n) is 1.84. The van der Waals surface area contributed by atoms with Crippen molar-refractivity contribution in [3.05, 3.63) is 29.8 Å². The van der Waals surface area contributed by atoms with Gasteiger partial charge in [0.15, 0.2) is 0 Å². The summed E-state index contributed by atoms with van der Waals surface area (Å²) in [6.45, 7) is 0. The molecule has 0 radical (unpaired) electrons. The highest BCUT2D eigenvalue weighted by Crippen LogP contribution is 2.34. The van der Waals surface area contributed by atoms with Crippen LogP contribution in [0.25, 0.3) is 0 Å². The average molecular weight is 182 g/mol. The SMILES string of the molecule is Sc1ccccc1CC1CS1. The summed E-state index contributed by atoms with van der Waals surface area (Å²) >= 11 is 6.43. The van der Waals surface area contributed by atoms with Crippen LogP contribution in [0.5, 0.6) is 0 Å². The Balaban J connectivity index is 2.15. The number of benzene rings is 1. The molecule has 0 N–H and O–H groups in total. The van der Waals surface area contributed by atoms with E-state index in [1.54, 1.807) is 0 Å². The van der Waals surface area contributed by atoms with Gasteiger partial charge in [0, 0.05) is 15.9 Å². The lowest BCUT2D eigenvalue weighted by Crippen LogP contribution is -1.92. The predicted octanol–water partition coefficient (Wildman–Crippen LogP) is 2.63. The number of hydrogen-bond donors (Lipinski definition) is 1. The molecule has 58 valence electrons. The fraction of sp³-hybridized carbons (Fsp3) is 0.333. The summed E-state index contributed by atoms with van der Waals surface area (Å²) in [5.74, 6) is 1.34. The van der Waals surface area contributed by atoms with Crippen molar-refractivity contribution in [1.29, 1.82) is 0 Å². The van der Waals surface area contributed by atoms with Crippen molar-refractivity contribution in [2.24, 2.45) is 0 Å². The summed E-state index contributed by atoms with van der Waals surface area (Å²) < 4.78 is 0. The molecule has 0 bridgehead atoms. The second-order valence-electron chi connectivity index (χ2n) is 2.79. The molecular weight excluding hydrogens is 172 g/mol. The van der Waals surface area contributed by atoms with Crippen molar-refractivity contribution in [2.45, 2.75) is 16.6 Å². The summed E-state index contributed by atoms with van der Waals surface area (Å²) in [6.07, 6.45) is 1.20. The third-order valence-corrected chi connectivity index (χ3v) is 3.25. The molecule has 1 fully saturated rings. The minimum atomic E-state index is 0.878. The quantitative estimate of drug-likeness (QED) is 0.542. The molecule has 1 saturated heterocycles. The van der Waals surface area contributed by atoms with Crippen LogP contribution in [0.2, 0.25) is 0 Å².